The van der Waals surface area contributed by atoms with Crippen LogP contribution in [0, 0.1) is 12.8 Å². The van der Waals surface area contributed by atoms with Crippen molar-refractivity contribution in [2.45, 2.75) is 26.7 Å². The summed E-state index contributed by atoms with van der Waals surface area (Å²) in [4.78, 5) is 11.3. The molecular weight excluding hydrogens is 174 g/mol. The first-order chi connectivity index (χ1) is 6.54. The summed E-state index contributed by atoms with van der Waals surface area (Å²) in [5.41, 5.74) is 7.58. The molecule has 2 nitrogen and oxygen atoms in total. The highest BCUT2D eigenvalue weighted by Crippen LogP contribution is 2.26. The lowest BCUT2D eigenvalue weighted by Crippen LogP contribution is -2.26. The Hall–Kier alpha value is -1.31. The number of benzene rings is 1. The minimum absolute atomic E-state index is 0.170. The standard InChI is InChI=1S/C12H17NO/c1-8(2)11(12(13)14)10-7-5-4-6-9(10)3/h4-8,11H,1-3H3,(H2,13,14)/t11-/m0/s1. The molecule has 2 N–H and O–H groups in total. The molecule has 1 rings (SSSR count). The molecule has 0 radical (unpaired) electrons. The monoisotopic (exact) mass is 191 g/mol. The number of primary amides is 1. The van der Waals surface area contributed by atoms with Gasteiger partial charge in [-0.25, -0.2) is 0 Å². The van der Waals surface area contributed by atoms with E-state index in [1.807, 2.05) is 45.0 Å². The van der Waals surface area contributed by atoms with E-state index in [1.54, 1.807) is 0 Å². The fraction of sp³-hybridized carbons (Fsp3) is 0.417. The predicted molar refractivity (Wildman–Crippen MR) is 58.0 cm³/mol. The zero-order chi connectivity index (χ0) is 10.7. The number of aryl methyl sites for hydroxylation is 1. The fourth-order valence-electron chi connectivity index (χ4n) is 1.78. The average Bonchev–Trinajstić information content (AvgIpc) is 2.07. The Morgan fingerprint density at radius 2 is 1.86 bits per heavy atom. The Kier molecular flexibility index (Phi) is 3.28. The van der Waals surface area contributed by atoms with Crippen LogP contribution in [0.5, 0.6) is 0 Å². The molecule has 0 heterocycles. The van der Waals surface area contributed by atoms with Crippen molar-refractivity contribution >= 4 is 5.91 Å². The van der Waals surface area contributed by atoms with Gasteiger partial charge in [0.05, 0.1) is 5.92 Å². The molecule has 0 aliphatic rings. The van der Waals surface area contributed by atoms with Gasteiger partial charge in [0.25, 0.3) is 0 Å². The zero-order valence-corrected chi connectivity index (χ0v) is 8.95. The molecule has 0 aliphatic heterocycles. The van der Waals surface area contributed by atoms with Gasteiger partial charge in [-0.15, -0.1) is 0 Å². The van der Waals surface area contributed by atoms with E-state index in [4.69, 9.17) is 5.73 Å². The average molecular weight is 191 g/mol. The third-order valence-electron chi connectivity index (χ3n) is 2.50. The maximum Gasteiger partial charge on any atom is 0.225 e. The Labute approximate surface area is 85.1 Å². The topological polar surface area (TPSA) is 43.1 Å². The summed E-state index contributed by atoms with van der Waals surface area (Å²) in [5, 5.41) is 0. The Morgan fingerprint density at radius 3 is 2.29 bits per heavy atom. The van der Waals surface area contributed by atoms with Gasteiger partial charge in [0.1, 0.15) is 0 Å². The highest BCUT2D eigenvalue weighted by Gasteiger charge is 2.22. The Balaban J connectivity index is 3.12. The van der Waals surface area contributed by atoms with Crippen LogP contribution in [0.1, 0.15) is 30.9 Å². The maximum atomic E-state index is 11.3. The van der Waals surface area contributed by atoms with Crippen LogP contribution >= 0.6 is 0 Å². The van der Waals surface area contributed by atoms with Gasteiger partial charge in [-0.2, -0.15) is 0 Å². The second kappa shape index (κ2) is 4.27. The first-order valence-corrected chi connectivity index (χ1v) is 4.89. The van der Waals surface area contributed by atoms with Crippen LogP contribution in [0.25, 0.3) is 0 Å². The van der Waals surface area contributed by atoms with Crippen LogP contribution in [0.3, 0.4) is 0 Å². The van der Waals surface area contributed by atoms with Gasteiger partial charge >= 0.3 is 0 Å². The van der Waals surface area contributed by atoms with E-state index < -0.39 is 0 Å². The second-order valence-corrected chi connectivity index (χ2v) is 3.98. The van der Waals surface area contributed by atoms with Crippen molar-refractivity contribution in [3.05, 3.63) is 35.4 Å². The molecule has 1 atom stereocenters. The number of nitrogens with two attached hydrogens (primary N) is 1. The lowest BCUT2D eigenvalue weighted by molar-refractivity contribution is -0.120. The lowest BCUT2D eigenvalue weighted by atomic mass is 9.85. The summed E-state index contributed by atoms with van der Waals surface area (Å²) >= 11 is 0. The molecule has 0 spiro atoms. The largest absolute Gasteiger partial charge is 0.369 e. The molecule has 0 aromatic heterocycles. The smallest absolute Gasteiger partial charge is 0.225 e. The third-order valence-corrected chi connectivity index (χ3v) is 2.50. The van der Waals surface area contributed by atoms with E-state index in [0.717, 1.165) is 11.1 Å². The van der Waals surface area contributed by atoms with Gasteiger partial charge in [-0.1, -0.05) is 38.1 Å². The normalized spacial score (nSPS) is 12.9. The van der Waals surface area contributed by atoms with Gasteiger partial charge < -0.3 is 5.73 Å². The van der Waals surface area contributed by atoms with Crippen LogP contribution in [0.15, 0.2) is 24.3 Å². The van der Waals surface area contributed by atoms with Gasteiger partial charge in [0.2, 0.25) is 5.91 Å². The number of hydrogen-bond acceptors (Lipinski definition) is 1. The molecule has 1 aromatic carbocycles. The van der Waals surface area contributed by atoms with Gasteiger partial charge in [0.15, 0.2) is 0 Å². The Bertz CT molecular complexity index is 331. The first-order valence-electron chi connectivity index (χ1n) is 4.89. The van der Waals surface area contributed by atoms with E-state index in [0.29, 0.717) is 0 Å². The van der Waals surface area contributed by atoms with Crippen molar-refractivity contribution in [1.82, 2.24) is 0 Å². The molecule has 1 aromatic rings. The van der Waals surface area contributed by atoms with Gasteiger partial charge in [-0.05, 0) is 24.0 Å². The highest BCUT2D eigenvalue weighted by molar-refractivity contribution is 5.82. The summed E-state index contributed by atoms with van der Waals surface area (Å²) in [6, 6.07) is 7.90. The second-order valence-electron chi connectivity index (χ2n) is 3.98. The molecule has 0 bridgehead atoms. The molecule has 0 saturated heterocycles. The number of carbonyl (C=O) groups excluding carboxylic acids is 1. The molecular formula is C12H17NO. The zero-order valence-electron chi connectivity index (χ0n) is 8.95. The maximum absolute atomic E-state index is 11.3. The van der Waals surface area contributed by atoms with Crippen LogP contribution < -0.4 is 5.73 Å². The van der Waals surface area contributed by atoms with Crippen molar-refractivity contribution in [2.24, 2.45) is 11.7 Å². The number of rotatable bonds is 3. The van der Waals surface area contributed by atoms with E-state index >= 15 is 0 Å². The van der Waals surface area contributed by atoms with Crippen molar-refractivity contribution in [2.75, 3.05) is 0 Å². The minimum Gasteiger partial charge on any atom is -0.369 e. The summed E-state index contributed by atoms with van der Waals surface area (Å²) < 4.78 is 0. The third kappa shape index (κ3) is 2.13. The van der Waals surface area contributed by atoms with Crippen LogP contribution in [-0.2, 0) is 4.79 Å². The van der Waals surface area contributed by atoms with Crippen molar-refractivity contribution in [1.29, 1.82) is 0 Å². The van der Waals surface area contributed by atoms with E-state index in [-0.39, 0.29) is 17.7 Å². The summed E-state index contributed by atoms with van der Waals surface area (Å²) in [7, 11) is 0. The van der Waals surface area contributed by atoms with Crippen molar-refractivity contribution in [3.63, 3.8) is 0 Å². The summed E-state index contributed by atoms with van der Waals surface area (Å²) in [5.74, 6) is -0.168. The molecule has 0 fully saturated rings. The lowest BCUT2D eigenvalue weighted by Gasteiger charge is -2.19. The van der Waals surface area contributed by atoms with Crippen LogP contribution in [0.2, 0.25) is 0 Å². The SMILES string of the molecule is Cc1ccccc1[C@@H](C(N)=O)C(C)C. The van der Waals surface area contributed by atoms with Gasteiger partial charge in [-0.3, -0.25) is 4.79 Å². The highest BCUT2D eigenvalue weighted by atomic mass is 16.1. The molecule has 14 heavy (non-hydrogen) atoms. The number of amides is 1. The Morgan fingerprint density at radius 1 is 1.29 bits per heavy atom. The summed E-state index contributed by atoms with van der Waals surface area (Å²) in [6.45, 7) is 6.04. The molecule has 0 aliphatic carbocycles. The number of hydrogen-bond donors (Lipinski definition) is 1. The minimum atomic E-state index is -0.241. The number of carbonyl (C=O) groups is 1. The molecule has 0 unspecified atom stereocenters. The quantitative estimate of drug-likeness (QED) is 0.782. The first kappa shape index (κ1) is 10.8. The molecule has 1 amide bonds. The molecule has 2 heteroatoms. The van der Waals surface area contributed by atoms with Crippen LogP contribution in [0.4, 0.5) is 0 Å². The fourth-order valence-corrected chi connectivity index (χ4v) is 1.78. The summed E-state index contributed by atoms with van der Waals surface area (Å²) in [6.07, 6.45) is 0. The molecule has 76 valence electrons. The molecule has 0 saturated carbocycles. The van der Waals surface area contributed by atoms with Crippen molar-refractivity contribution in [3.8, 4) is 0 Å². The van der Waals surface area contributed by atoms with Crippen LogP contribution in [-0.4, -0.2) is 5.91 Å². The van der Waals surface area contributed by atoms with E-state index in [2.05, 4.69) is 0 Å². The van der Waals surface area contributed by atoms with Gasteiger partial charge in [0, 0.05) is 0 Å². The predicted octanol–water partition coefficient (Wildman–Crippen LogP) is 2.22. The van der Waals surface area contributed by atoms with E-state index in [9.17, 15) is 4.79 Å². The van der Waals surface area contributed by atoms with Crippen molar-refractivity contribution < 1.29 is 4.79 Å². The van der Waals surface area contributed by atoms with E-state index in [1.165, 1.54) is 0 Å².